The molecule has 14 aromatic rings. The van der Waals surface area contributed by atoms with E-state index in [1.807, 2.05) is 0 Å². The van der Waals surface area contributed by atoms with Crippen LogP contribution in [0, 0.1) is 0 Å². The Bertz CT molecular complexity index is 4420. The van der Waals surface area contributed by atoms with Gasteiger partial charge in [-0.3, -0.25) is 0 Å². The largest absolute Gasteiger partial charge is 0.309 e. The van der Waals surface area contributed by atoms with Crippen molar-refractivity contribution in [3.8, 4) is 44.8 Å². The molecule has 0 fully saturated rings. The zero-order valence-corrected chi connectivity index (χ0v) is 36.5. The van der Waals surface area contributed by atoms with Gasteiger partial charge in [-0.05, 0) is 155 Å². The molecular formula is C65H40N2. The molecule has 67 heavy (non-hydrogen) atoms. The summed E-state index contributed by atoms with van der Waals surface area (Å²) in [5.74, 6) is 0. The van der Waals surface area contributed by atoms with Gasteiger partial charge in [0.25, 0.3) is 0 Å². The summed E-state index contributed by atoms with van der Waals surface area (Å²) in [4.78, 5) is 0. The molecule has 0 spiro atoms. The number of rotatable bonds is 4. The third-order valence-electron chi connectivity index (χ3n) is 14.8. The third kappa shape index (κ3) is 5.45. The molecule has 2 aromatic heterocycles. The summed E-state index contributed by atoms with van der Waals surface area (Å²) < 4.78 is 4.91. The normalized spacial score (nSPS) is 12.4. The van der Waals surface area contributed by atoms with Crippen molar-refractivity contribution in [1.82, 2.24) is 9.13 Å². The van der Waals surface area contributed by atoms with E-state index in [9.17, 15) is 0 Å². The van der Waals surface area contributed by atoms with Crippen molar-refractivity contribution in [2.75, 3.05) is 0 Å². The fourth-order valence-electron chi connectivity index (χ4n) is 11.7. The Morgan fingerprint density at radius 1 is 0.254 bits per heavy atom. The van der Waals surface area contributed by atoms with Crippen LogP contribution >= 0.6 is 0 Å². The maximum atomic E-state index is 2.46. The average Bonchev–Trinajstić information content (AvgIpc) is 4.03. The molecule has 0 atom stereocenters. The van der Waals surface area contributed by atoms with Gasteiger partial charge < -0.3 is 9.13 Å². The molecule has 2 heterocycles. The van der Waals surface area contributed by atoms with Crippen LogP contribution in [0.4, 0.5) is 0 Å². The summed E-state index contributed by atoms with van der Waals surface area (Å²) in [6.07, 6.45) is 0.940. The minimum atomic E-state index is 0.940. The summed E-state index contributed by atoms with van der Waals surface area (Å²) in [5.41, 5.74) is 17.8. The standard InChI is InChI=1S/C65H40N2/c1-3-15-52-40(11-1)13-9-19-53(52)45-25-29-55-50(33-45)35-49-32-42(24-28-54(49)55)44-26-30-64-59(37-44)57-17-5-7-20-62(57)66(64)51-27-23-43-31-48-39-65-60(38-47(48)34-46(43)36-51)58-18-6-8-21-63(58)67(65)61-22-10-14-41-12-2-4-16-56(41)61/h1-34,36-39H,35H2. The maximum Gasteiger partial charge on any atom is 0.0547 e. The van der Waals surface area contributed by atoms with E-state index < -0.39 is 0 Å². The van der Waals surface area contributed by atoms with Crippen LogP contribution in [0.2, 0.25) is 0 Å². The molecule has 1 aliphatic rings. The molecule has 0 saturated carbocycles. The SMILES string of the molecule is c1ccc2c(-c3ccc4c(c3)Cc3cc(-c5ccc6c(c5)c5ccccc5n6-c5ccc6cc7cc8c(cc7cc6c5)c5ccccc5n8-c5cccc6ccccc56)ccc3-4)cccc2c1. The number of hydrogen-bond donors (Lipinski definition) is 0. The first-order valence-electron chi connectivity index (χ1n) is 23.4. The summed E-state index contributed by atoms with van der Waals surface area (Å²) in [5, 5.41) is 15.1. The molecule has 310 valence electrons. The Morgan fingerprint density at radius 3 is 1.61 bits per heavy atom. The van der Waals surface area contributed by atoms with Gasteiger partial charge in [-0.2, -0.15) is 0 Å². The lowest BCUT2D eigenvalue weighted by molar-refractivity contribution is 1.19. The first-order valence-corrected chi connectivity index (χ1v) is 23.4. The molecule has 0 radical (unpaired) electrons. The van der Waals surface area contributed by atoms with E-state index in [1.54, 1.807) is 0 Å². The van der Waals surface area contributed by atoms with E-state index in [4.69, 9.17) is 0 Å². The van der Waals surface area contributed by atoms with Gasteiger partial charge in [0.15, 0.2) is 0 Å². The molecule has 0 unspecified atom stereocenters. The Morgan fingerprint density at radius 2 is 0.806 bits per heavy atom. The van der Waals surface area contributed by atoms with Crippen molar-refractivity contribution < 1.29 is 0 Å². The number of aromatic nitrogens is 2. The van der Waals surface area contributed by atoms with Gasteiger partial charge in [-0.15, -0.1) is 0 Å². The lowest BCUT2D eigenvalue weighted by atomic mass is 9.95. The Kier molecular flexibility index (Phi) is 7.59. The van der Waals surface area contributed by atoms with E-state index in [0.29, 0.717) is 0 Å². The topological polar surface area (TPSA) is 9.86 Å². The molecular weight excluding hydrogens is 809 g/mol. The van der Waals surface area contributed by atoms with E-state index in [0.717, 1.165) is 12.1 Å². The lowest BCUT2D eigenvalue weighted by Gasteiger charge is -2.13. The second kappa shape index (κ2) is 13.9. The first-order chi connectivity index (χ1) is 33.2. The second-order valence-electron chi connectivity index (χ2n) is 18.5. The van der Waals surface area contributed by atoms with Gasteiger partial charge in [0, 0.05) is 32.6 Å². The number of benzene rings is 12. The first kappa shape index (κ1) is 36.6. The third-order valence-corrected chi connectivity index (χ3v) is 14.8. The molecule has 15 rings (SSSR count). The highest BCUT2D eigenvalue weighted by Crippen LogP contribution is 2.43. The zero-order chi connectivity index (χ0) is 43.7. The fraction of sp³-hybridized carbons (Fsp3) is 0.0154. The van der Waals surface area contributed by atoms with Crippen LogP contribution < -0.4 is 0 Å². The predicted molar refractivity (Wildman–Crippen MR) is 284 cm³/mol. The number of para-hydroxylation sites is 2. The van der Waals surface area contributed by atoms with Crippen molar-refractivity contribution in [3.05, 3.63) is 242 Å². The van der Waals surface area contributed by atoms with Crippen LogP contribution in [0.1, 0.15) is 11.1 Å². The summed E-state index contributed by atoms with van der Waals surface area (Å²) in [6.45, 7) is 0. The second-order valence-corrected chi connectivity index (χ2v) is 18.5. The number of hydrogen-bond acceptors (Lipinski definition) is 0. The molecule has 1 aliphatic carbocycles. The Labute approximate surface area is 386 Å². The highest BCUT2D eigenvalue weighted by atomic mass is 15.0. The fourth-order valence-corrected chi connectivity index (χ4v) is 11.7. The van der Waals surface area contributed by atoms with Crippen molar-refractivity contribution in [2.24, 2.45) is 0 Å². The number of nitrogens with zero attached hydrogens (tertiary/aromatic N) is 2. The summed E-state index contributed by atoms with van der Waals surface area (Å²) in [7, 11) is 0. The molecule has 2 nitrogen and oxygen atoms in total. The lowest BCUT2D eigenvalue weighted by Crippen LogP contribution is -1.95. The van der Waals surface area contributed by atoms with Crippen LogP contribution in [0.25, 0.3) is 131 Å². The van der Waals surface area contributed by atoms with E-state index >= 15 is 0 Å². The highest BCUT2D eigenvalue weighted by Gasteiger charge is 2.22. The molecule has 0 saturated heterocycles. The van der Waals surface area contributed by atoms with Crippen LogP contribution in [0.3, 0.4) is 0 Å². The van der Waals surface area contributed by atoms with Crippen molar-refractivity contribution in [2.45, 2.75) is 6.42 Å². The van der Waals surface area contributed by atoms with Gasteiger partial charge >= 0.3 is 0 Å². The highest BCUT2D eigenvalue weighted by molar-refractivity contribution is 6.16. The van der Waals surface area contributed by atoms with Gasteiger partial charge in [0.1, 0.15) is 0 Å². The Balaban J connectivity index is 0.814. The van der Waals surface area contributed by atoms with Gasteiger partial charge in [0.2, 0.25) is 0 Å². The predicted octanol–water partition coefficient (Wildman–Crippen LogP) is 17.4. The van der Waals surface area contributed by atoms with Crippen molar-refractivity contribution in [1.29, 1.82) is 0 Å². The smallest absolute Gasteiger partial charge is 0.0547 e. The molecule has 12 aromatic carbocycles. The minimum absolute atomic E-state index is 0.940. The Hall–Kier alpha value is -8.72. The molecule has 0 aliphatic heterocycles. The molecule has 0 N–H and O–H groups in total. The van der Waals surface area contributed by atoms with E-state index in [1.165, 1.54) is 137 Å². The van der Waals surface area contributed by atoms with Gasteiger partial charge in [-0.1, -0.05) is 164 Å². The van der Waals surface area contributed by atoms with Crippen molar-refractivity contribution in [3.63, 3.8) is 0 Å². The monoisotopic (exact) mass is 848 g/mol. The van der Waals surface area contributed by atoms with E-state index in [2.05, 4.69) is 240 Å². The summed E-state index contributed by atoms with van der Waals surface area (Å²) in [6, 6.07) is 86.1. The number of fused-ring (bicyclic) bond motifs is 13. The molecule has 2 heteroatoms. The molecule has 0 bridgehead atoms. The zero-order valence-electron chi connectivity index (χ0n) is 36.5. The van der Waals surface area contributed by atoms with Crippen LogP contribution in [-0.2, 0) is 6.42 Å². The van der Waals surface area contributed by atoms with Crippen LogP contribution in [0.15, 0.2) is 231 Å². The van der Waals surface area contributed by atoms with Crippen LogP contribution in [-0.4, -0.2) is 9.13 Å². The average molecular weight is 849 g/mol. The van der Waals surface area contributed by atoms with Gasteiger partial charge in [0.05, 0.1) is 27.8 Å². The quantitative estimate of drug-likeness (QED) is 0.156. The molecule has 0 amide bonds. The van der Waals surface area contributed by atoms with Crippen molar-refractivity contribution >= 4 is 86.7 Å². The summed E-state index contributed by atoms with van der Waals surface area (Å²) >= 11 is 0. The maximum absolute atomic E-state index is 2.46. The minimum Gasteiger partial charge on any atom is -0.309 e. The van der Waals surface area contributed by atoms with Crippen LogP contribution in [0.5, 0.6) is 0 Å². The van der Waals surface area contributed by atoms with E-state index in [-0.39, 0.29) is 0 Å². The van der Waals surface area contributed by atoms with Gasteiger partial charge in [-0.25, -0.2) is 0 Å².